The van der Waals surface area contributed by atoms with E-state index in [4.69, 9.17) is 0 Å². The minimum absolute atomic E-state index is 0.0298. The molecule has 1 aromatic carbocycles. The van der Waals surface area contributed by atoms with E-state index < -0.39 is 47.4 Å². The van der Waals surface area contributed by atoms with Crippen LogP contribution < -0.4 is 0 Å². The van der Waals surface area contributed by atoms with Gasteiger partial charge in [0.05, 0.1) is 9.79 Å². The molecule has 0 aliphatic rings. The SMILES string of the molecule is CCN(CC)S(=O)(=O)c1ccc(S(=O)(=O)N(CC)CC)c(C(=O)C(F)(F)F)c1. The van der Waals surface area contributed by atoms with E-state index in [0.717, 1.165) is 20.7 Å². The van der Waals surface area contributed by atoms with Gasteiger partial charge in [-0.05, 0) is 18.2 Å². The van der Waals surface area contributed by atoms with Crippen molar-refractivity contribution in [2.45, 2.75) is 43.7 Å². The number of hydrogen-bond donors (Lipinski definition) is 0. The Morgan fingerprint density at radius 1 is 0.857 bits per heavy atom. The van der Waals surface area contributed by atoms with Gasteiger partial charge in [-0.1, -0.05) is 27.7 Å². The molecule has 0 spiro atoms. The number of ketones is 1. The molecule has 7 nitrogen and oxygen atoms in total. The molecule has 0 radical (unpaired) electrons. The summed E-state index contributed by atoms with van der Waals surface area (Å²) in [6, 6.07) is 2.13. The molecule has 12 heteroatoms. The van der Waals surface area contributed by atoms with Crippen molar-refractivity contribution in [2.24, 2.45) is 0 Å². The van der Waals surface area contributed by atoms with Crippen LogP contribution in [0.4, 0.5) is 13.2 Å². The van der Waals surface area contributed by atoms with E-state index in [2.05, 4.69) is 0 Å². The molecule has 0 aromatic heterocycles. The van der Waals surface area contributed by atoms with Crippen molar-refractivity contribution < 1.29 is 34.8 Å². The summed E-state index contributed by atoms with van der Waals surface area (Å²) in [6.45, 7) is 6.12. The normalized spacial score (nSPS) is 13.3. The molecule has 28 heavy (non-hydrogen) atoms. The van der Waals surface area contributed by atoms with Gasteiger partial charge in [0.2, 0.25) is 20.0 Å². The van der Waals surface area contributed by atoms with E-state index in [0.29, 0.717) is 6.07 Å². The summed E-state index contributed by atoms with van der Waals surface area (Å²) >= 11 is 0. The van der Waals surface area contributed by atoms with Crippen LogP contribution in [0.3, 0.4) is 0 Å². The van der Waals surface area contributed by atoms with Gasteiger partial charge in [0, 0.05) is 31.7 Å². The van der Waals surface area contributed by atoms with Gasteiger partial charge < -0.3 is 0 Å². The summed E-state index contributed by atoms with van der Waals surface area (Å²) in [5.74, 6) is -2.42. The number of sulfonamides is 2. The molecular formula is C16H23F3N2O5S2. The highest BCUT2D eigenvalue weighted by molar-refractivity contribution is 7.89. The fourth-order valence-electron chi connectivity index (χ4n) is 2.64. The van der Waals surface area contributed by atoms with Crippen molar-refractivity contribution in [1.29, 1.82) is 0 Å². The third-order valence-electron chi connectivity index (χ3n) is 4.12. The van der Waals surface area contributed by atoms with Crippen molar-refractivity contribution >= 4 is 25.8 Å². The van der Waals surface area contributed by atoms with Gasteiger partial charge in [-0.3, -0.25) is 4.79 Å². The molecule has 0 unspecified atom stereocenters. The Kier molecular flexibility index (Phi) is 7.79. The maximum atomic E-state index is 13.1. The van der Waals surface area contributed by atoms with Gasteiger partial charge in [0.1, 0.15) is 0 Å². The van der Waals surface area contributed by atoms with Gasteiger partial charge in [-0.25, -0.2) is 16.8 Å². The van der Waals surface area contributed by atoms with Gasteiger partial charge in [-0.2, -0.15) is 21.8 Å². The molecule has 0 aliphatic carbocycles. The molecule has 0 saturated carbocycles. The van der Waals surface area contributed by atoms with Gasteiger partial charge in [-0.15, -0.1) is 0 Å². The highest BCUT2D eigenvalue weighted by Crippen LogP contribution is 2.30. The van der Waals surface area contributed by atoms with Crippen molar-refractivity contribution in [2.75, 3.05) is 26.2 Å². The average Bonchev–Trinajstić information content (AvgIpc) is 2.61. The first kappa shape index (κ1) is 24.5. The van der Waals surface area contributed by atoms with Crippen molar-refractivity contribution in [1.82, 2.24) is 8.61 Å². The highest BCUT2D eigenvalue weighted by atomic mass is 32.2. The third kappa shape index (κ3) is 4.73. The Bertz CT molecular complexity index is 920. The fraction of sp³-hybridized carbons (Fsp3) is 0.562. The van der Waals surface area contributed by atoms with Crippen LogP contribution in [0.2, 0.25) is 0 Å². The molecule has 0 bridgehead atoms. The van der Waals surface area contributed by atoms with Crippen LogP contribution in [0.15, 0.2) is 28.0 Å². The first-order valence-electron chi connectivity index (χ1n) is 8.54. The molecule has 0 fully saturated rings. The number of Topliss-reactive ketones (excluding diaryl/α,β-unsaturated/α-hetero) is 1. The van der Waals surface area contributed by atoms with Gasteiger partial charge in [0.15, 0.2) is 0 Å². The Morgan fingerprint density at radius 3 is 1.68 bits per heavy atom. The summed E-state index contributed by atoms with van der Waals surface area (Å²) < 4.78 is 91.7. The Balaban J connectivity index is 3.81. The molecule has 0 atom stereocenters. The Morgan fingerprint density at radius 2 is 1.29 bits per heavy atom. The van der Waals surface area contributed by atoms with Crippen LogP contribution in [-0.2, 0) is 20.0 Å². The quantitative estimate of drug-likeness (QED) is 0.546. The Hall–Kier alpha value is -1.50. The number of halogens is 3. The van der Waals surface area contributed by atoms with Crippen molar-refractivity contribution in [3.8, 4) is 0 Å². The summed E-state index contributed by atoms with van der Waals surface area (Å²) in [5.41, 5.74) is -1.22. The number of rotatable bonds is 9. The molecule has 0 N–H and O–H groups in total. The van der Waals surface area contributed by atoms with Crippen LogP contribution in [0, 0.1) is 0 Å². The Labute approximate surface area is 163 Å². The molecular weight excluding hydrogens is 421 g/mol. The largest absolute Gasteiger partial charge is 0.454 e. The summed E-state index contributed by atoms with van der Waals surface area (Å²) in [6.07, 6.45) is -5.37. The minimum atomic E-state index is -5.37. The van der Waals surface area contributed by atoms with Crippen LogP contribution in [0.5, 0.6) is 0 Å². The number of nitrogens with zero attached hydrogens (tertiary/aromatic N) is 2. The van der Waals surface area contributed by atoms with E-state index >= 15 is 0 Å². The number of carbonyl (C=O) groups excluding carboxylic acids is 1. The number of carbonyl (C=O) groups is 1. The molecule has 0 heterocycles. The highest BCUT2D eigenvalue weighted by Gasteiger charge is 2.43. The van der Waals surface area contributed by atoms with E-state index in [1.807, 2.05) is 0 Å². The predicted molar refractivity (Wildman–Crippen MR) is 97.0 cm³/mol. The molecule has 160 valence electrons. The zero-order valence-corrected chi connectivity index (χ0v) is 17.6. The van der Waals surface area contributed by atoms with Crippen molar-refractivity contribution in [3.63, 3.8) is 0 Å². The van der Waals surface area contributed by atoms with Crippen LogP contribution in [0.25, 0.3) is 0 Å². The van der Waals surface area contributed by atoms with E-state index in [1.54, 1.807) is 13.8 Å². The lowest BCUT2D eigenvalue weighted by molar-refractivity contribution is -0.0887. The molecule has 0 saturated heterocycles. The van der Waals surface area contributed by atoms with Crippen molar-refractivity contribution in [3.05, 3.63) is 23.8 Å². The van der Waals surface area contributed by atoms with E-state index in [-0.39, 0.29) is 26.2 Å². The average molecular weight is 444 g/mol. The topological polar surface area (TPSA) is 91.8 Å². The van der Waals surface area contributed by atoms with Crippen LogP contribution in [0.1, 0.15) is 38.1 Å². The summed E-state index contributed by atoms with van der Waals surface area (Å²) in [7, 11) is -8.62. The minimum Gasteiger partial charge on any atom is -0.284 e. The predicted octanol–water partition coefficient (Wildman–Crippen LogP) is 2.49. The third-order valence-corrected chi connectivity index (χ3v) is 8.27. The van der Waals surface area contributed by atoms with E-state index in [9.17, 15) is 34.8 Å². The second kappa shape index (κ2) is 8.89. The molecule has 1 rings (SSSR count). The standard InChI is InChI=1S/C16H23F3N2O5S2/c1-5-20(6-2)27(23,24)12-9-10-14(28(25,26)21(7-3)8-4)13(11-12)15(22)16(17,18)19/h9-11H,5-8H2,1-4H3. The maximum Gasteiger partial charge on any atom is 0.454 e. The van der Waals surface area contributed by atoms with Gasteiger partial charge >= 0.3 is 6.18 Å². The number of hydrogen-bond acceptors (Lipinski definition) is 5. The molecule has 1 aromatic rings. The lowest BCUT2D eigenvalue weighted by Gasteiger charge is -2.22. The summed E-state index contributed by atoms with van der Waals surface area (Å²) in [4.78, 5) is 10.4. The zero-order chi connectivity index (χ0) is 21.9. The zero-order valence-electron chi connectivity index (χ0n) is 15.9. The number of alkyl halides is 3. The lowest BCUT2D eigenvalue weighted by Crippen LogP contribution is -2.34. The van der Waals surface area contributed by atoms with E-state index in [1.165, 1.54) is 13.8 Å². The lowest BCUT2D eigenvalue weighted by atomic mass is 10.1. The van der Waals surface area contributed by atoms with Gasteiger partial charge in [0.25, 0.3) is 5.78 Å². The molecule has 0 amide bonds. The number of benzene rings is 1. The molecule has 0 aliphatic heterocycles. The second-order valence-corrected chi connectivity index (χ2v) is 9.51. The first-order valence-corrected chi connectivity index (χ1v) is 11.4. The fourth-order valence-corrected chi connectivity index (χ4v) is 5.75. The summed E-state index contributed by atoms with van der Waals surface area (Å²) in [5, 5.41) is 0. The smallest absolute Gasteiger partial charge is 0.284 e. The van der Waals surface area contributed by atoms with Crippen LogP contribution in [-0.4, -0.2) is 63.6 Å². The second-order valence-electron chi connectivity index (χ2n) is 5.66. The monoisotopic (exact) mass is 444 g/mol. The maximum absolute atomic E-state index is 13.1. The van der Waals surface area contributed by atoms with Crippen LogP contribution >= 0.6 is 0 Å². The first-order chi connectivity index (χ1) is 12.8.